The standard InChI is InChI=1S/C13H10N4O3/c14-6-9-2-1-4-15-12(9)19-10-7-17(8-10)13(18)11-3-5-16-20-11/h1-5,10H,7-8H2. The fourth-order valence-electron chi connectivity index (χ4n) is 1.89. The van der Waals surface area contributed by atoms with Gasteiger partial charge in [-0.05, 0) is 12.1 Å². The zero-order chi connectivity index (χ0) is 13.9. The van der Waals surface area contributed by atoms with Gasteiger partial charge in [0.2, 0.25) is 11.6 Å². The minimum absolute atomic E-state index is 0.163. The van der Waals surface area contributed by atoms with Gasteiger partial charge in [-0.2, -0.15) is 5.26 Å². The fraction of sp³-hybridized carbons (Fsp3) is 0.231. The predicted octanol–water partition coefficient (Wildman–Crippen LogP) is 0.845. The molecular weight excluding hydrogens is 260 g/mol. The van der Waals surface area contributed by atoms with E-state index >= 15 is 0 Å². The Hall–Kier alpha value is -2.88. The fourth-order valence-corrected chi connectivity index (χ4v) is 1.89. The maximum atomic E-state index is 11.9. The van der Waals surface area contributed by atoms with Gasteiger partial charge in [0.1, 0.15) is 17.7 Å². The van der Waals surface area contributed by atoms with E-state index in [-0.39, 0.29) is 17.8 Å². The predicted molar refractivity (Wildman–Crippen MR) is 65.8 cm³/mol. The molecule has 0 spiro atoms. The van der Waals surface area contributed by atoms with Gasteiger partial charge in [0.25, 0.3) is 5.91 Å². The van der Waals surface area contributed by atoms with Crippen LogP contribution in [0.15, 0.2) is 35.1 Å². The van der Waals surface area contributed by atoms with Crippen LogP contribution in [-0.4, -0.2) is 40.1 Å². The molecule has 3 rings (SSSR count). The number of aromatic nitrogens is 2. The van der Waals surface area contributed by atoms with Crippen LogP contribution in [-0.2, 0) is 0 Å². The lowest BCUT2D eigenvalue weighted by atomic mass is 10.1. The first-order valence-corrected chi connectivity index (χ1v) is 5.99. The largest absolute Gasteiger partial charge is 0.470 e. The van der Waals surface area contributed by atoms with E-state index in [2.05, 4.69) is 10.1 Å². The van der Waals surface area contributed by atoms with Crippen LogP contribution in [0.5, 0.6) is 5.88 Å². The van der Waals surface area contributed by atoms with Crippen molar-refractivity contribution in [3.8, 4) is 11.9 Å². The van der Waals surface area contributed by atoms with Crippen LogP contribution in [0.1, 0.15) is 16.1 Å². The molecule has 2 aromatic heterocycles. The Kier molecular flexibility index (Phi) is 3.05. The van der Waals surface area contributed by atoms with Crippen LogP contribution in [0.2, 0.25) is 0 Å². The van der Waals surface area contributed by atoms with E-state index in [0.29, 0.717) is 24.5 Å². The average Bonchev–Trinajstić information content (AvgIpc) is 2.96. The molecule has 1 aliphatic heterocycles. The van der Waals surface area contributed by atoms with Gasteiger partial charge in [-0.3, -0.25) is 4.79 Å². The molecule has 3 heterocycles. The summed E-state index contributed by atoms with van der Waals surface area (Å²) in [5.41, 5.74) is 0.382. The van der Waals surface area contributed by atoms with Gasteiger partial charge in [0, 0.05) is 12.3 Å². The second-order valence-corrected chi connectivity index (χ2v) is 4.29. The summed E-state index contributed by atoms with van der Waals surface area (Å²) in [4.78, 5) is 17.5. The van der Waals surface area contributed by atoms with Crippen molar-refractivity contribution in [2.24, 2.45) is 0 Å². The number of ether oxygens (including phenoxy) is 1. The SMILES string of the molecule is N#Cc1cccnc1OC1CN(C(=O)c2ccno2)C1. The van der Waals surface area contributed by atoms with Crippen LogP contribution in [0.4, 0.5) is 0 Å². The lowest BCUT2D eigenvalue weighted by molar-refractivity contribution is 0.0131. The third-order valence-corrected chi connectivity index (χ3v) is 2.95. The quantitative estimate of drug-likeness (QED) is 0.820. The molecule has 100 valence electrons. The summed E-state index contributed by atoms with van der Waals surface area (Å²) in [6.45, 7) is 0.863. The van der Waals surface area contributed by atoms with Gasteiger partial charge in [-0.25, -0.2) is 4.98 Å². The van der Waals surface area contributed by atoms with Crippen LogP contribution in [0.25, 0.3) is 0 Å². The molecule has 2 aromatic rings. The molecule has 0 bridgehead atoms. The van der Waals surface area contributed by atoms with Gasteiger partial charge in [-0.15, -0.1) is 0 Å². The highest BCUT2D eigenvalue weighted by Gasteiger charge is 2.34. The maximum absolute atomic E-state index is 11.9. The van der Waals surface area contributed by atoms with Gasteiger partial charge >= 0.3 is 0 Å². The number of hydrogen-bond donors (Lipinski definition) is 0. The molecule has 20 heavy (non-hydrogen) atoms. The smallest absolute Gasteiger partial charge is 0.292 e. The van der Waals surface area contributed by atoms with Crippen molar-refractivity contribution in [2.45, 2.75) is 6.10 Å². The molecule has 1 fully saturated rings. The highest BCUT2D eigenvalue weighted by Crippen LogP contribution is 2.20. The molecule has 0 unspecified atom stereocenters. The Labute approximate surface area is 114 Å². The van der Waals surface area contributed by atoms with Crippen molar-refractivity contribution < 1.29 is 14.1 Å². The van der Waals surface area contributed by atoms with E-state index in [0.717, 1.165) is 0 Å². The highest BCUT2D eigenvalue weighted by molar-refractivity contribution is 5.91. The van der Waals surface area contributed by atoms with Crippen molar-refractivity contribution in [3.05, 3.63) is 41.9 Å². The highest BCUT2D eigenvalue weighted by atomic mass is 16.5. The molecule has 0 N–H and O–H groups in total. The van der Waals surface area contributed by atoms with E-state index in [1.165, 1.54) is 12.3 Å². The number of hydrogen-bond acceptors (Lipinski definition) is 6. The molecule has 1 amide bonds. The molecular formula is C13H10N4O3. The second kappa shape index (κ2) is 5.01. The van der Waals surface area contributed by atoms with Crippen molar-refractivity contribution in [2.75, 3.05) is 13.1 Å². The number of nitrogens with zero attached hydrogens (tertiary/aromatic N) is 4. The van der Waals surface area contributed by atoms with E-state index in [9.17, 15) is 4.79 Å². The molecule has 0 radical (unpaired) electrons. The zero-order valence-electron chi connectivity index (χ0n) is 10.4. The molecule has 1 saturated heterocycles. The zero-order valence-corrected chi connectivity index (χ0v) is 10.4. The monoisotopic (exact) mass is 270 g/mol. The van der Waals surface area contributed by atoms with Gasteiger partial charge in [0.15, 0.2) is 0 Å². The second-order valence-electron chi connectivity index (χ2n) is 4.29. The van der Waals surface area contributed by atoms with Crippen LogP contribution in [0, 0.1) is 11.3 Å². The Morgan fingerprint density at radius 1 is 1.45 bits per heavy atom. The number of likely N-dealkylation sites (tertiary alicyclic amines) is 1. The Morgan fingerprint density at radius 2 is 2.30 bits per heavy atom. The third kappa shape index (κ3) is 2.19. The number of pyridine rings is 1. The van der Waals surface area contributed by atoms with Crippen LogP contribution >= 0.6 is 0 Å². The lowest BCUT2D eigenvalue weighted by Gasteiger charge is -2.37. The molecule has 7 heteroatoms. The summed E-state index contributed by atoms with van der Waals surface area (Å²) in [5.74, 6) is 0.287. The minimum Gasteiger partial charge on any atom is -0.470 e. The summed E-state index contributed by atoms with van der Waals surface area (Å²) in [5, 5.41) is 12.4. The summed E-state index contributed by atoms with van der Waals surface area (Å²) in [6, 6.07) is 6.84. The van der Waals surface area contributed by atoms with Crippen LogP contribution < -0.4 is 4.74 Å². The minimum atomic E-state index is -0.219. The summed E-state index contributed by atoms with van der Waals surface area (Å²) in [6.07, 6.45) is 2.82. The van der Waals surface area contributed by atoms with E-state index in [4.69, 9.17) is 14.5 Å². The molecule has 0 aliphatic carbocycles. The number of carbonyl (C=O) groups excluding carboxylic acids is 1. The Bertz CT molecular complexity index is 657. The molecule has 7 nitrogen and oxygen atoms in total. The lowest BCUT2D eigenvalue weighted by Crippen LogP contribution is -2.56. The van der Waals surface area contributed by atoms with Gasteiger partial charge in [0.05, 0.1) is 19.3 Å². The topological polar surface area (TPSA) is 92.2 Å². The average molecular weight is 270 g/mol. The van der Waals surface area contributed by atoms with Crippen molar-refractivity contribution in [1.29, 1.82) is 5.26 Å². The Morgan fingerprint density at radius 3 is 3.00 bits per heavy atom. The first-order chi connectivity index (χ1) is 9.78. The van der Waals surface area contributed by atoms with Crippen molar-refractivity contribution >= 4 is 5.91 Å². The molecule has 0 atom stereocenters. The first kappa shape index (κ1) is 12.2. The summed E-state index contributed by atoms with van der Waals surface area (Å²) < 4.78 is 10.4. The number of carbonyl (C=O) groups is 1. The molecule has 0 saturated carbocycles. The van der Waals surface area contributed by atoms with Crippen molar-refractivity contribution in [1.82, 2.24) is 15.0 Å². The number of rotatable bonds is 3. The van der Waals surface area contributed by atoms with Gasteiger partial charge < -0.3 is 14.2 Å². The normalized spacial score (nSPS) is 14.4. The number of nitriles is 1. The van der Waals surface area contributed by atoms with E-state index in [1.54, 1.807) is 23.2 Å². The number of amides is 1. The molecule has 1 aliphatic rings. The van der Waals surface area contributed by atoms with Gasteiger partial charge in [-0.1, -0.05) is 5.16 Å². The Balaban J connectivity index is 1.59. The van der Waals surface area contributed by atoms with Crippen molar-refractivity contribution in [3.63, 3.8) is 0 Å². The maximum Gasteiger partial charge on any atom is 0.292 e. The van der Waals surface area contributed by atoms with E-state index in [1.807, 2.05) is 6.07 Å². The first-order valence-electron chi connectivity index (χ1n) is 5.99. The van der Waals surface area contributed by atoms with E-state index < -0.39 is 0 Å². The van der Waals surface area contributed by atoms with Crippen LogP contribution in [0.3, 0.4) is 0 Å². The third-order valence-electron chi connectivity index (χ3n) is 2.95. The molecule has 0 aromatic carbocycles. The summed E-state index contributed by atoms with van der Waals surface area (Å²) >= 11 is 0. The summed E-state index contributed by atoms with van der Waals surface area (Å²) in [7, 11) is 0.